The highest BCUT2D eigenvalue weighted by atomic mass is 127. The van der Waals surface area contributed by atoms with Gasteiger partial charge in [-0.3, -0.25) is 4.90 Å². The van der Waals surface area contributed by atoms with Crippen LogP contribution in [-0.2, 0) is 6.54 Å². The number of guanidine groups is 1. The number of rotatable bonds is 9. The topological polar surface area (TPSA) is 62.0 Å². The maximum atomic E-state index is 12.5. The Morgan fingerprint density at radius 2 is 1.93 bits per heavy atom. The molecule has 1 atom stereocenters. The van der Waals surface area contributed by atoms with E-state index in [2.05, 4.69) is 20.4 Å². The Morgan fingerprint density at radius 1 is 1.18 bits per heavy atom. The zero-order chi connectivity index (χ0) is 19.6. The zero-order valence-electron chi connectivity index (χ0n) is 16.2. The largest absolute Gasteiger partial charge is 0.468 e. The lowest BCUT2D eigenvalue weighted by molar-refractivity contribution is -0.0504. The van der Waals surface area contributed by atoms with E-state index in [4.69, 9.17) is 4.42 Å². The van der Waals surface area contributed by atoms with Crippen LogP contribution in [0.4, 0.5) is 8.78 Å². The van der Waals surface area contributed by atoms with Crippen molar-refractivity contribution in [3.05, 3.63) is 54.0 Å². The standard InChI is InChI=1S/C19H26F2N4O2.HI/c1-4-22-19(24-13-15(25(2)3)17-10-7-11-26-17)23-12-14-8-5-6-9-16(14)27-18(20)21;/h5-11,15,18H,4,12-13H2,1-3H3,(H2,22,23,24);1H. The number of nitrogens with zero attached hydrogens (tertiary/aromatic N) is 2. The van der Waals surface area contributed by atoms with Crippen LogP contribution in [0.5, 0.6) is 5.75 Å². The van der Waals surface area contributed by atoms with Crippen molar-refractivity contribution in [2.45, 2.75) is 26.1 Å². The number of hydrogen-bond donors (Lipinski definition) is 2. The van der Waals surface area contributed by atoms with Gasteiger partial charge in [-0.25, -0.2) is 4.99 Å². The molecule has 1 unspecified atom stereocenters. The van der Waals surface area contributed by atoms with Gasteiger partial charge < -0.3 is 19.8 Å². The van der Waals surface area contributed by atoms with Gasteiger partial charge in [-0.1, -0.05) is 18.2 Å². The predicted molar refractivity (Wildman–Crippen MR) is 116 cm³/mol. The molecule has 156 valence electrons. The molecule has 0 saturated carbocycles. The fourth-order valence-electron chi connectivity index (χ4n) is 2.56. The van der Waals surface area contributed by atoms with Crippen molar-refractivity contribution in [1.29, 1.82) is 0 Å². The molecule has 0 bridgehead atoms. The van der Waals surface area contributed by atoms with Crippen LogP contribution in [0.3, 0.4) is 0 Å². The molecule has 2 aromatic rings. The highest BCUT2D eigenvalue weighted by molar-refractivity contribution is 14.0. The summed E-state index contributed by atoms with van der Waals surface area (Å²) in [7, 11) is 3.94. The molecular formula is C19H27F2IN4O2. The zero-order valence-corrected chi connectivity index (χ0v) is 18.5. The number of furan rings is 1. The molecule has 28 heavy (non-hydrogen) atoms. The van der Waals surface area contributed by atoms with Gasteiger partial charge in [0, 0.05) is 18.7 Å². The summed E-state index contributed by atoms with van der Waals surface area (Å²) in [6, 6.07) is 10.5. The van der Waals surface area contributed by atoms with Gasteiger partial charge in [-0.15, -0.1) is 24.0 Å². The van der Waals surface area contributed by atoms with E-state index < -0.39 is 6.61 Å². The lowest BCUT2D eigenvalue weighted by Crippen LogP contribution is -2.41. The van der Waals surface area contributed by atoms with Gasteiger partial charge >= 0.3 is 6.61 Å². The van der Waals surface area contributed by atoms with Crippen LogP contribution in [0.15, 0.2) is 52.1 Å². The first-order chi connectivity index (χ1) is 13.0. The van der Waals surface area contributed by atoms with E-state index in [9.17, 15) is 8.78 Å². The van der Waals surface area contributed by atoms with E-state index in [0.29, 0.717) is 24.6 Å². The minimum absolute atomic E-state index is 0. The molecular weight excluding hydrogens is 481 g/mol. The fourth-order valence-corrected chi connectivity index (χ4v) is 2.56. The molecule has 1 heterocycles. The van der Waals surface area contributed by atoms with E-state index >= 15 is 0 Å². The first kappa shape index (κ1) is 24.2. The molecule has 0 amide bonds. The second kappa shape index (κ2) is 12.6. The molecule has 0 aliphatic heterocycles. The lowest BCUT2D eigenvalue weighted by Gasteiger charge is -2.23. The maximum absolute atomic E-state index is 12.5. The summed E-state index contributed by atoms with van der Waals surface area (Å²) < 4.78 is 35.1. The normalized spacial score (nSPS) is 12.6. The first-order valence-electron chi connectivity index (χ1n) is 8.76. The van der Waals surface area contributed by atoms with Gasteiger partial charge in [0.25, 0.3) is 0 Å². The van der Waals surface area contributed by atoms with Crippen molar-refractivity contribution < 1.29 is 17.9 Å². The van der Waals surface area contributed by atoms with E-state index in [1.54, 1.807) is 24.5 Å². The number of benzene rings is 1. The number of halogens is 3. The number of ether oxygens (including phenoxy) is 1. The molecule has 0 radical (unpaired) electrons. The molecule has 2 N–H and O–H groups in total. The average molecular weight is 508 g/mol. The summed E-state index contributed by atoms with van der Waals surface area (Å²) >= 11 is 0. The van der Waals surface area contributed by atoms with Crippen molar-refractivity contribution in [2.75, 3.05) is 27.2 Å². The lowest BCUT2D eigenvalue weighted by atomic mass is 10.2. The molecule has 2 rings (SSSR count). The van der Waals surface area contributed by atoms with Gasteiger partial charge in [0.15, 0.2) is 5.96 Å². The van der Waals surface area contributed by atoms with Crippen molar-refractivity contribution in [3.8, 4) is 5.75 Å². The molecule has 9 heteroatoms. The van der Waals surface area contributed by atoms with Crippen LogP contribution in [0.2, 0.25) is 0 Å². The third-order valence-electron chi connectivity index (χ3n) is 3.90. The van der Waals surface area contributed by atoms with Crippen molar-refractivity contribution >= 4 is 29.9 Å². The molecule has 0 saturated heterocycles. The SMILES string of the molecule is CCNC(=NCc1ccccc1OC(F)F)NCC(c1ccco1)N(C)C.I. The fraction of sp³-hybridized carbons (Fsp3) is 0.421. The number of alkyl halides is 2. The summed E-state index contributed by atoms with van der Waals surface area (Å²) in [5, 5.41) is 6.42. The number of nitrogens with one attached hydrogen (secondary N) is 2. The van der Waals surface area contributed by atoms with E-state index in [0.717, 1.165) is 5.76 Å². The molecule has 0 fully saturated rings. The van der Waals surface area contributed by atoms with Crippen LogP contribution < -0.4 is 15.4 Å². The summed E-state index contributed by atoms with van der Waals surface area (Å²) in [6.45, 7) is 0.554. The number of hydrogen-bond acceptors (Lipinski definition) is 4. The molecule has 1 aromatic heterocycles. The molecule has 1 aromatic carbocycles. The number of aliphatic imine (C=N–C) groups is 1. The highest BCUT2D eigenvalue weighted by Gasteiger charge is 2.17. The van der Waals surface area contributed by atoms with Crippen molar-refractivity contribution in [1.82, 2.24) is 15.5 Å². The number of likely N-dealkylation sites (N-methyl/N-ethyl adjacent to an activating group) is 1. The third-order valence-corrected chi connectivity index (χ3v) is 3.90. The third kappa shape index (κ3) is 7.63. The van der Waals surface area contributed by atoms with Crippen LogP contribution in [0.25, 0.3) is 0 Å². The van der Waals surface area contributed by atoms with Crippen LogP contribution in [-0.4, -0.2) is 44.7 Å². The Bertz CT molecular complexity index is 712. The van der Waals surface area contributed by atoms with Gasteiger partial charge in [0.05, 0.1) is 18.8 Å². The second-order valence-corrected chi connectivity index (χ2v) is 6.06. The van der Waals surface area contributed by atoms with Gasteiger partial charge in [-0.2, -0.15) is 8.78 Å². The van der Waals surface area contributed by atoms with E-state index in [1.807, 2.05) is 38.1 Å². The van der Waals surface area contributed by atoms with E-state index in [-0.39, 0.29) is 42.3 Å². The summed E-state index contributed by atoms with van der Waals surface area (Å²) in [6.07, 6.45) is 1.64. The number of para-hydroxylation sites is 1. The van der Waals surface area contributed by atoms with Crippen LogP contribution in [0.1, 0.15) is 24.3 Å². The van der Waals surface area contributed by atoms with Crippen LogP contribution >= 0.6 is 24.0 Å². The Hall–Kier alpha value is -1.88. The quantitative estimate of drug-likeness (QED) is 0.306. The Balaban J connectivity index is 0.00000392. The summed E-state index contributed by atoms with van der Waals surface area (Å²) in [5.41, 5.74) is 0.588. The average Bonchev–Trinajstić information content (AvgIpc) is 3.14. The Labute approximate surface area is 181 Å². The maximum Gasteiger partial charge on any atom is 0.387 e. The Kier molecular flexibility index (Phi) is 10.8. The van der Waals surface area contributed by atoms with Gasteiger partial charge in [0.2, 0.25) is 0 Å². The van der Waals surface area contributed by atoms with Crippen molar-refractivity contribution in [3.63, 3.8) is 0 Å². The summed E-state index contributed by atoms with van der Waals surface area (Å²) in [5.74, 6) is 1.57. The highest BCUT2D eigenvalue weighted by Crippen LogP contribution is 2.21. The molecule has 0 aliphatic carbocycles. The molecule has 0 spiro atoms. The second-order valence-electron chi connectivity index (χ2n) is 6.06. The minimum atomic E-state index is -2.87. The molecule has 6 nitrogen and oxygen atoms in total. The Morgan fingerprint density at radius 3 is 2.54 bits per heavy atom. The minimum Gasteiger partial charge on any atom is -0.468 e. The predicted octanol–water partition coefficient (Wildman–Crippen LogP) is 3.86. The van der Waals surface area contributed by atoms with Gasteiger partial charge in [-0.05, 0) is 39.2 Å². The van der Waals surface area contributed by atoms with Gasteiger partial charge in [0.1, 0.15) is 11.5 Å². The smallest absolute Gasteiger partial charge is 0.387 e. The monoisotopic (exact) mass is 508 g/mol. The first-order valence-corrected chi connectivity index (χ1v) is 8.76. The summed E-state index contributed by atoms with van der Waals surface area (Å²) in [4.78, 5) is 6.53. The van der Waals surface area contributed by atoms with Crippen molar-refractivity contribution in [2.24, 2.45) is 4.99 Å². The van der Waals surface area contributed by atoms with E-state index in [1.165, 1.54) is 6.07 Å². The van der Waals surface area contributed by atoms with Crippen LogP contribution in [0, 0.1) is 0 Å². The molecule has 0 aliphatic rings.